The van der Waals surface area contributed by atoms with Gasteiger partial charge in [-0.3, -0.25) is 4.79 Å². The minimum atomic E-state index is -0.0864. The molecule has 0 bridgehead atoms. The van der Waals surface area contributed by atoms with Gasteiger partial charge in [-0.15, -0.1) is 0 Å². The van der Waals surface area contributed by atoms with Gasteiger partial charge in [0.05, 0.1) is 22.4 Å². The van der Waals surface area contributed by atoms with Gasteiger partial charge in [-0.2, -0.15) is 0 Å². The topological polar surface area (TPSA) is 61.4 Å². The van der Waals surface area contributed by atoms with Crippen LogP contribution < -0.4 is 5.32 Å². The van der Waals surface area contributed by atoms with E-state index in [9.17, 15) is 4.79 Å². The highest BCUT2D eigenvalue weighted by atomic mass is 35.5. The van der Waals surface area contributed by atoms with Crippen LogP contribution in [0.5, 0.6) is 0 Å². The fraction of sp³-hybridized carbons (Fsp3) is 0.312. The van der Waals surface area contributed by atoms with Gasteiger partial charge in [0.25, 0.3) is 5.91 Å². The van der Waals surface area contributed by atoms with Gasteiger partial charge >= 0.3 is 0 Å². The quantitative estimate of drug-likeness (QED) is 0.905. The highest BCUT2D eigenvalue weighted by molar-refractivity contribution is 6.42. The normalized spacial score (nSPS) is 15.4. The highest BCUT2D eigenvalue weighted by Gasteiger charge is 2.21. The molecule has 0 unspecified atom stereocenters. The first kappa shape index (κ1) is 17.0. The maximum absolute atomic E-state index is 12.4. The molecule has 1 amide bonds. The van der Waals surface area contributed by atoms with Crippen LogP contribution in [0.4, 0.5) is 11.5 Å². The fourth-order valence-corrected chi connectivity index (χ4v) is 2.69. The first-order valence-electron chi connectivity index (χ1n) is 7.55. The molecule has 126 valence electrons. The fourth-order valence-electron chi connectivity index (χ4n) is 2.40. The van der Waals surface area contributed by atoms with Crippen LogP contribution in [0.3, 0.4) is 0 Å². The van der Waals surface area contributed by atoms with E-state index in [1.54, 1.807) is 23.1 Å². The lowest BCUT2D eigenvalue weighted by Crippen LogP contribution is -2.47. The van der Waals surface area contributed by atoms with Crippen LogP contribution in [-0.4, -0.2) is 58.9 Å². The Morgan fingerprint density at radius 3 is 2.46 bits per heavy atom. The van der Waals surface area contributed by atoms with Crippen LogP contribution in [0, 0.1) is 0 Å². The number of nitrogens with one attached hydrogen (secondary N) is 1. The third kappa shape index (κ3) is 3.95. The van der Waals surface area contributed by atoms with Gasteiger partial charge in [-0.25, -0.2) is 9.97 Å². The van der Waals surface area contributed by atoms with E-state index in [1.807, 2.05) is 7.05 Å². The SMILES string of the molecule is CN1CCN(C(=O)c2cnc(Nc3ccc(Cl)c(Cl)c3)cn2)CC1. The van der Waals surface area contributed by atoms with Crippen molar-refractivity contribution in [1.29, 1.82) is 0 Å². The van der Waals surface area contributed by atoms with E-state index >= 15 is 0 Å². The number of halogens is 2. The molecule has 1 fully saturated rings. The van der Waals surface area contributed by atoms with Crippen LogP contribution in [0.15, 0.2) is 30.6 Å². The zero-order valence-electron chi connectivity index (χ0n) is 13.2. The van der Waals surface area contributed by atoms with E-state index in [0.29, 0.717) is 34.6 Å². The second kappa shape index (κ2) is 7.34. The number of benzene rings is 1. The Hall–Kier alpha value is -1.89. The largest absolute Gasteiger partial charge is 0.339 e. The zero-order chi connectivity index (χ0) is 17.1. The molecule has 2 aromatic rings. The zero-order valence-corrected chi connectivity index (χ0v) is 14.7. The lowest BCUT2D eigenvalue weighted by Gasteiger charge is -2.32. The van der Waals surface area contributed by atoms with Crippen molar-refractivity contribution in [3.8, 4) is 0 Å². The summed E-state index contributed by atoms with van der Waals surface area (Å²) in [6, 6.07) is 5.19. The molecule has 1 aromatic heterocycles. The maximum atomic E-state index is 12.4. The molecule has 0 aliphatic carbocycles. The predicted octanol–water partition coefficient (Wildman–Crippen LogP) is 2.91. The van der Waals surface area contributed by atoms with E-state index in [0.717, 1.165) is 18.8 Å². The molecule has 0 spiro atoms. The first-order chi connectivity index (χ1) is 11.5. The second-order valence-corrected chi connectivity index (χ2v) is 6.45. The summed E-state index contributed by atoms with van der Waals surface area (Å²) in [6.07, 6.45) is 3.02. The molecular weight excluding hydrogens is 349 g/mol. The van der Waals surface area contributed by atoms with Gasteiger partial charge in [0, 0.05) is 31.9 Å². The molecule has 24 heavy (non-hydrogen) atoms. The number of likely N-dealkylation sites (N-methyl/N-ethyl adjacent to an activating group) is 1. The first-order valence-corrected chi connectivity index (χ1v) is 8.30. The van der Waals surface area contributed by atoms with Crippen LogP contribution in [0.25, 0.3) is 0 Å². The van der Waals surface area contributed by atoms with Crippen molar-refractivity contribution in [3.63, 3.8) is 0 Å². The molecule has 8 heteroatoms. The Labute approximate surface area is 150 Å². The number of amides is 1. The van der Waals surface area contributed by atoms with E-state index < -0.39 is 0 Å². The summed E-state index contributed by atoms with van der Waals surface area (Å²) in [5, 5.41) is 4.02. The molecule has 0 saturated carbocycles. The van der Waals surface area contributed by atoms with Gasteiger partial charge in [-0.1, -0.05) is 23.2 Å². The number of carbonyl (C=O) groups excluding carboxylic acids is 1. The van der Waals surface area contributed by atoms with Crippen LogP contribution in [0.1, 0.15) is 10.5 Å². The molecule has 2 heterocycles. The van der Waals surface area contributed by atoms with Crippen molar-refractivity contribution < 1.29 is 4.79 Å². The molecule has 1 aliphatic rings. The Morgan fingerprint density at radius 2 is 1.83 bits per heavy atom. The smallest absolute Gasteiger partial charge is 0.274 e. The summed E-state index contributed by atoms with van der Waals surface area (Å²) in [5.74, 6) is 0.444. The number of piperazine rings is 1. The number of aromatic nitrogens is 2. The second-order valence-electron chi connectivity index (χ2n) is 5.64. The summed E-state index contributed by atoms with van der Waals surface area (Å²) in [5.41, 5.74) is 1.09. The average molecular weight is 366 g/mol. The van der Waals surface area contributed by atoms with E-state index in [4.69, 9.17) is 23.2 Å². The van der Waals surface area contributed by atoms with Gasteiger partial charge in [-0.05, 0) is 25.2 Å². The monoisotopic (exact) mass is 365 g/mol. The standard InChI is InChI=1S/C16H17Cl2N5O/c1-22-4-6-23(7-5-22)16(24)14-9-20-15(10-19-14)21-11-2-3-12(17)13(18)8-11/h2-3,8-10H,4-7H2,1H3,(H,20,21). The lowest BCUT2D eigenvalue weighted by molar-refractivity contribution is 0.0658. The molecule has 6 nitrogen and oxygen atoms in total. The summed E-state index contributed by atoms with van der Waals surface area (Å²) in [7, 11) is 2.05. The number of hydrogen-bond donors (Lipinski definition) is 1. The van der Waals surface area contributed by atoms with E-state index in [1.165, 1.54) is 12.4 Å². The molecule has 0 radical (unpaired) electrons. The van der Waals surface area contributed by atoms with Crippen LogP contribution >= 0.6 is 23.2 Å². The van der Waals surface area contributed by atoms with Gasteiger partial charge < -0.3 is 15.1 Å². The molecule has 1 aliphatic heterocycles. The number of carbonyl (C=O) groups is 1. The Morgan fingerprint density at radius 1 is 1.08 bits per heavy atom. The molecule has 1 aromatic carbocycles. The minimum absolute atomic E-state index is 0.0864. The van der Waals surface area contributed by atoms with Crippen molar-refractivity contribution in [2.45, 2.75) is 0 Å². The van der Waals surface area contributed by atoms with Crippen molar-refractivity contribution >= 4 is 40.6 Å². The lowest BCUT2D eigenvalue weighted by atomic mass is 10.3. The predicted molar refractivity (Wildman–Crippen MR) is 95.2 cm³/mol. The van der Waals surface area contributed by atoms with Crippen LogP contribution in [0.2, 0.25) is 10.0 Å². The molecule has 0 atom stereocenters. The molecule has 3 rings (SSSR count). The summed E-state index contributed by atoms with van der Waals surface area (Å²) >= 11 is 11.9. The maximum Gasteiger partial charge on any atom is 0.274 e. The van der Waals surface area contributed by atoms with E-state index in [-0.39, 0.29) is 5.91 Å². The van der Waals surface area contributed by atoms with Gasteiger partial charge in [0.2, 0.25) is 0 Å². The van der Waals surface area contributed by atoms with Crippen molar-refractivity contribution in [1.82, 2.24) is 19.8 Å². The number of anilines is 2. The Kier molecular flexibility index (Phi) is 5.18. The molecule has 1 saturated heterocycles. The number of rotatable bonds is 3. The Bertz CT molecular complexity index is 730. The highest BCUT2D eigenvalue weighted by Crippen LogP contribution is 2.26. The minimum Gasteiger partial charge on any atom is -0.339 e. The van der Waals surface area contributed by atoms with Gasteiger partial charge in [0.15, 0.2) is 0 Å². The summed E-state index contributed by atoms with van der Waals surface area (Å²) in [4.78, 5) is 24.9. The van der Waals surface area contributed by atoms with Crippen molar-refractivity contribution in [3.05, 3.63) is 46.3 Å². The summed E-state index contributed by atoms with van der Waals surface area (Å²) < 4.78 is 0. The van der Waals surface area contributed by atoms with E-state index in [2.05, 4.69) is 20.2 Å². The van der Waals surface area contributed by atoms with Crippen molar-refractivity contribution in [2.24, 2.45) is 0 Å². The summed E-state index contributed by atoms with van der Waals surface area (Å²) in [6.45, 7) is 3.16. The average Bonchev–Trinajstić information content (AvgIpc) is 2.59. The Balaban J connectivity index is 1.66. The molecular formula is C16H17Cl2N5O. The van der Waals surface area contributed by atoms with Crippen LogP contribution in [-0.2, 0) is 0 Å². The number of nitrogens with zero attached hydrogens (tertiary/aromatic N) is 4. The van der Waals surface area contributed by atoms with Crippen molar-refractivity contribution in [2.75, 3.05) is 38.5 Å². The number of hydrogen-bond acceptors (Lipinski definition) is 5. The third-order valence-corrected chi connectivity index (χ3v) is 4.59. The van der Waals surface area contributed by atoms with Gasteiger partial charge in [0.1, 0.15) is 11.5 Å². The third-order valence-electron chi connectivity index (χ3n) is 3.85. The molecule has 1 N–H and O–H groups in total.